The van der Waals surface area contributed by atoms with E-state index in [-0.39, 0.29) is 12.5 Å². The smallest absolute Gasteiger partial charge is 0.241 e. The predicted molar refractivity (Wildman–Crippen MR) is 68.2 cm³/mol. The second-order valence-electron chi connectivity index (χ2n) is 4.27. The van der Waals surface area contributed by atoms with Crippen LogP contribution in [0.4, 0.5) is 0 Å². The van der Waals surface area contributed by atoms with Gasteiger partial charge >= 0.3 is 0 Å². The molecule has 0 saturated carbocycles. The first-order valence-corrected chi connectivity index (χ1v) is 5.98. The van der Waals surface area contributed by atoms with Gasteiger partial charge in [0.25, 0.3) is 0 Å². The second-order valence-corrected chi connectivity index (χ2v) is 4.67. The molecule has 1 amide bonds. The summed E-state index contributed by atoms with van der Waals surface area (Å²) < 4.78 is 1.55. The molecule has 5 nitrogen and oxygen atoms in total. The third-order valence-electron chi connectivity index (χ3n) is 2.30. The number of hydrogen-bond donors (Lipinski definition) is 1. The monoisotopic (exact) mass is 258 g/mol. The zero-order valence-electron chi connectivity index (χ0n) is 10.5. The van der Waals surface area contributed by atoms with Crippen LogP contribution >= 0.6 is 11.6 Å². The molecule has 1 rings (SSSR count). The molecule has 0 aliphatic rings. The van der Waals surface area contributed by atoms with Crippen LogP contribution in [0.25, 0.3) is 0 Å². The molecule has 0 aliphatic carbocycles. The number of nitrogens with zero attached hydrogens (tertiary/aromatic N) is 3. The second kappa shape index (κ2) is 6.61. The van der Waals surface area contributed by atoms with Crippen molar-refractivity contribution in [1.82, 2.24) is 20.0 Å². The van der Waals surface area contributed by atoms with Crippen LogP contribution in [0.3, 0.4) is 0 Å². The molecule has 0 saturated heterocycles. The van der Waals surface area contributed by atoms with Crippen LogP contribution in [0, 0.1) is 6.92 Å². The van der Waals surface area contributed by atoms with E-state index in [0.717, 1.165) is 18.7 Å². The first-order chi connectivity index (χ1) is 7.99. The lowest BCUT2D eigenvalue weighted by molar-refractivity contribution is -0.121. The van der Waals surface area contributed by atoms with E-state index in [9.17, 15) is 4.79 Å². The van der Waals surface area contributed by atoms with Crippen molar-refractivity contribution in [1.29, 1.82) is 0 Å². The molecular formula is C11H19ClN4O. The summed E-state index contributed by atoms with van der Waals surface area (Å²) in [6, 6.07) is 0. The van der Waals surface area contributed by atoms with E-state index in [1.165, 1.54) is 0 Å². The van der Waals surface area contributed by atoms with Gasteiger partial charge in [0.15, 0.2) is 0 Å². The standard InChI is InChI=1S/C11H19ClN4O/c1-9-10(12)7-16(14-9)8-11(17)13-5-4-6-15(2)3/h7H,4-6,8H2,1-3H3,(H,13,17). The summed E-state index contributed by atoms with van der Waals surface area (Å²) in [5.41, 5.74) is 0.743. The number of aryl methyl sites for hydroxylation is 1. The highest BCUT2D eigenvalue weighted by molar-refractivity contribution is 6.31. The minimum atomic E-state index is -0.0390. The van der Waals surface area contributed by atoms with Gasteiger partial charge in [-0.05, 0) is 34.0 Å². The van der Waals surface area contributed by atoms with Crippen molar-refractivity contribution in [3.63, 3.8) is 0 Å². The molecule has 6 heteroatoms. The number of halogens is 1. The zero-order valence-corrected chi connectivity index (χ0v) is 11.3. The van der Waals surface area contributed by atoms with E-state index >= 15 is 0 Å². The van der Waals surface area contributed by atoms with Crippen LogP contribution in [0.1, 0.15) is 12.1 Å². The average molecular weight is 259 g/mol. The summed E-state index contributed by atoms with van der Waals surface area (Å²) in [5, 5.41) is 7.56. The maximum absolute atomic E-state index is 11.5. The van der Waals surface area contributed by atoms with Gasteiger partial charge in [-0.25, -0.2) is 0 Å². The number of hydrogen-bond acceptors (Lipinski definition) is 3. The zero-order chi connectivity index (χ0) is 12.8. The Balaban J connectivity index is 2.25. The Labute approximate surface area is 107 Å². The maximum atomic E-state index is 11.5. The fraction of sp³-hybridized carbons (Fsp3) is 0.636. The summed E-state index contributed by atoms with van der Waals surface area (Å²) in [7, 11) is 4.02. The molecule has 1 aromatic rings. The van der Waals surface area contributed by atoms with Crippen molar-refractivity contribution in [3.05, 3.63) is 16.9 Å². The lowest BCUT2D eigenvalue weighted by Crippen LogP contribution is -2.30. The lowest BCUT2D eigenvalue weighted by Gasteiger charge is -2.09. The number of nitrogens with one attached hydrogen (secondary N) is 1. The summed E-state index contributed by atoms with van der Waals surface area (Å²) in [5.74, 6) is -0.0390. The van der Waals surface area contributed by atoms with Crippen molar-refractivity contribution in [3.8, 4) is 0 Å². The minimum Gasteiger partial charge on any atom is -0.354 e. The van der Waals surface area contributed by atoms with Crippen LogP contribution in [0.2, 0.25) is 5.02 Å². The van der Waals surface area contributed by atoms with Gasteiger partial charge in [0.05, 0.1) is 10.7 Å². The van der Waals surface area contributed by atoms with Gasteiger partial charge in [0.1, 0.15) is 6.54 Å². The Kier molecular flexibility index (Phi) is 5.44. The molecule has 0 aliphatic heterocycles. The van der Waals surface area contributed by atoms with Crippen molar-refractivity contribution >= 4 is 17.5 Å². The number of carbonyl (C=O) groups is 1. The summed E-state index contributed by atoms with van der Waals surface area (Å²) >= 11 is 5.85. The van der Waals surface area contributed by atoms with E-state index in [2.05, 4.69) is 15.3 Å². The largest absolute Gasteiger partial charge is 0.354 e. The molecular weight excluding hydrogens is 240 g/mol. The Bertz CT molecular complexity index is 356. The average Bonchev–Trinajstić information content (AvgIpc) is 2.52. The normalized spacial score (nSPS) is 10.9. The van der Waals surface area contributed by atoms with Gasteiger partial charge in [-0.2, -0.15) is 5.10 Å². The number of aromatic nitrogens is 2. The third-order valence-corrected chi connectivity index (χ3v) is 2.67. The SMILES string of the molecule is Cc1nn(CC(=O)NCCCN(C)C)cc1Cl. The highest BCUT2D eigenvalue weighted by Crippen LogP contribution is 2.11. The van der Waals surface area contributed by atoms with Crippen LogP contribution in [0.5, 0.6) is 0 Å². The van der Waals surface area contributed by atoms with Gasteiger partial charge in [0.2, 0.25) is 5.91 Å². The third kappa shape index (κ3) is 5.19. The van der Waals surface area contributed by atoms with Crippen LogP contribution in [-0.2, 0) is 11.3 Å². The first kappa shape index (κ1) is 14.0. The summed E-state index contributed by atoms with van der Waals surface area (Å²) in [6.07, 6.45) is 2.61. The highest BCUT2D eigenvalue weighted by atomic mass is 35.5. The minimum absolute atomic E-state index is 0.0390. The van der Waals surface area contributed by atoms with Crippen LogP contribution in [0.15, 0.2) is 6.20 Å². The fourth-order valence-corrected chi connectivity index (χ4v) is 1.55. The molecule has 0 fully saturated rings. The molecule has 17 heavy (non-hydrogen) atoms. The molecule has 1 heterocycles. The van der Waals surface area contributed by atoms with Gasteiger partial charge in [-0.1, -0.05) is 11.6 Å². The van der Waals surface area contributed by atoms with Crippen molar-refractivity contribution in [2.24, 2.45) is 0 Å². The van der Waals surface area contributed by atoms with E-state index in [1.54, 1.807) is 10.9 Å². The van der Waals surface area contributed by atoms with Crippen molar-refractivity contribution < 1.29 is 4.79 Å². The number of amides is 1. The van der Waals surface area contributed by atoms with E-state index in [1.807, 2.05) is 21.0 Å². The van der Waals surface area contributed by atoms with E-state index < -0.39 is 0 Å². The summed E-state index contributed by atoms with van der Waals surface area (Å²) in [6.45, 7) is 3.68. The topological polar surface area (TPSA) is 50.2 Å². The van der Waals surface area contributed by atoms with Crippen molar-refractivity contribution in [2.45, 2.75) is 19.9 Å². The van der Waals surface area contributed by atoms with Gasteiger partial charge in [-0.15, -0.1) is 0 Å². The highest BCUT2D eigenvalue weighted by Gasteiger charge is 2.06. The first-order valence-electron chi connectivity index (χ1n) is 5.60. The quantitative estimate of drug-likeness (QED) is 0.772. The molecule has 0 bridgehead atoms. The molecule has 0 unspecified atom stereocenters. The number of carbonyl (C=O) groups excluding carboxylic acids is 1. The van der Waals surface area contributed by atoms with Crippen molar-refractivity contribution in [2.75, 3.05) is 27.2 Å². The maximum Gasteiger partial charge on any atom is 0.241 e. The Morgan fingerprint density at radius 1 is 1.59 bits per heavy atom. The van der Waals surface area contributed by atoms with Gasteiger partial charge < -0.3 is 10.2 Å². The van der Waals surface area contributed by atoms with Crippen LogP contribution < -0.4 is 5.32 Å². The Morgan fingerprint density at radius 3 is 2.82 bits per heavy atom. The molecule has 0 radical (unpaired) electrons. The van der Waals surface area contributed by atoms with E-state index in [0.29, 0.717) is 11.6 Å². The molecule has 0 aromatic carbocycles. The molecule has 1 N–H and O–H groups in total. The number of rotatable bonds is 6. The van der Waals surface area contributed by atoms with E-state index in [4.69, 9.17) is 11.6 Å². The summed E-state index contributed by atoms with van der Waals surface area (Å²) in [4.78, 5) is 13.6. The predicted octanol–water partition coefficient (Wildman–Crippen LogP) is 0.913. The van der Waals surface area contributed by atoms with Crippen LogP contribution in [-0.4, -0.2) is 47.8 Å². The molecule has 0 atom stereocenters. The molecule has 0 spiro atoms. The Morgan fingerprint density at radius 2 is 2.29 bits per heavy atom. The Hall–Kier alpha value is -1.07. The molecule has 1 aromatic heterocycles. The molecule has 96 valence electrons. The fourth-order valence-electron chi connectivity index (χ4n) is 1.40. The van der Waals surface area contributed by atoms with Gasteiger partial charge in [-0.3, -0.25) is 9.48 Å². The van der Waals surface area contributed by atoms with Gasteiger partial charge in [0, 0.05) is 12.7 Å². The lowest BCUT2D eigenvalue weighted by atomic mass is 10.4.